The molecule has 0 N–H and O–H groups in total. The van der Waals surface area contributed by atoms with Gasteiger partial charge < -0.3 is 0 Å². The summed E-state index contributed by atoms with van der Waals surface area (Å²) >= 11 is 2.70. The first-order valence-electron chi connectivity index (χ1n) is 5.05. The molecule has 0 fully saturated rings. The molecule has 19 heavy (non-hydrogen) atoms. The van der Waals surface area contributed by atoms with Crippen LogP contribution >= 0.6 is 15.9 Å². The molecule has 0 spiro atoms. The minimum atomic E-state index is -1.29. The Hall–Kier alpha value is -1.69. The fraction of sp³-hybridized carbons (Fsp3) is 0. The van der Waals surface area contributed by atoms with E-state index in [0.717, 1.165) is 24.3 Å². The molecule has 0 saturated heterocycles. The number of carbonyl (C=O) groups is 1. The van der Waals surface area contributed by atoms with Gasteiger partial charge in [0.2, 0.25) is 0 Å². The predicted octanol–water partition coefficient (Wildman–Crippen LogP) is 4.24. The Balaban J connectivity index is 2.60. The minimum absolute atomic E-state index is 0.358. The van der Waals surface area contributed by atoms with E-state index in [4.69, 9.17) is 0 Å². The molecule has 0 radical (unpaired) electrons. The van der Waals surface area contributed by atoms with Crippen LogP contribution in [0.4, 0.5) is 17.6 Å². The summed E-state index contributed by atoms with van der Waals surface area (Å²) in [6.07, 6.45) is 0. The number of hydrogen-bond donors (Lipinski definition) is 0. The Morgan fingerprint density at radius 1 is 0.895 bits per heavy atom. The minimum Gasteiger partial charge on any atom is -0.288 e. The Bertz CT molecular complexity index is 650. The summed E-state index contributed by atoms with van der Waals surface area (Å²) in [7, 11) is 0. The molecule has 0 heterocycles. The van der Waals surface area contributed by atoms with E-state index >= 15 is 0 Å². The van der Waals surface area contributed by atoms with Crippen molar-refractivity contribution in [2.24, 2.45) is 0 Å². The van der Waals surface area contributed by atoms with Gasteiger partial charge in [-0.05, 0) is 40.2 Å². The molecule has 0 aliphatic rings. The highest BCUT2D eigenvalue weighted by atomic mass is 79.9. The Kier molecular flexibility index (Phi) is 3.71. The van der Waals surface area contributed by atoms with Crippen molar-refractivity contribution in [1.82, 2.24) is 0 Å². The zero-order valence-electron chi connectivity index (χ0n) is 9.18. The van der Waals surface area contributed by atoms with Gasteiger partial charge in [-0.15, -0.1) is 0 Å². The SMILES string of the molecule is O=C(c1ccc(F)c(F)c1Br)c1c(F)cccc1F. The highest BCUT2D eigenvalue weighted by Crippen LogP contribution is 2.26. The molecule has 1 nitrogen and oxygen atoms in total. The first kappa shape index (κ1) is 13.7. The van der Waals surface area contributed by atoms with Crippen molar-refractivity contribution in [3.63, 3.8) is 0 Å². The first-order chi connectivity index (χ1) is 8.93. The molecule has 98 valence electrons. The Morgan fingerprint density at radius 3 is 2.05 bits per heavy atom. The van der Waals surface area contributed by atoms with Crippen LogP contribution in [-0.2, 0) is 0 Å². The van der Waals surface area contributed by atoms with Gasteiger partial charge in [-0.2, -0.15) is 0 Å². The summed E-state index contributed by atoms with van der Waals surface area (Å²) < 4.78 is 52.7. The van der Waals surface area contributed by atoms with Crippen LogP contribution in [0.5, 0.6) is 0 Å². The summed E-state index contributed by atoms with van der Waals surface area (Å²) in [6.45, 7) is 0. The van der Waals surface area contributed by atoms with Crippen LogP contribution in [0, 0.1) is 23.3 Å². The average molecular weight is 333 g/mol. The van der Waals surface area contributed by atoms with Gasteiger partial charge in [-0.25, -0.2) is 17.6 Å². The lowest BCUT2D eigenvalue weighted by Crippen LogP contribution is -2.09. The van der Waals surface area contributed by atoms with E-state index in [1.807, 2.05) is 0 Å². The van der Waals surface area contributed by atoms with Gasteiger partial charge in [-0.1, -0.05) is 6.07 Å². The van der Waals surface area contributed by atoms with E-state index in [1.54, 1.807) is 0 Å². The lowest BCUT2D eigenvalue weighted by Gasteiger charge is -2.07. The van der Waals surface area contributed by atoms with Crippen LogP contribution in [0.3, 0.4) is 0 Å². The predicted molar refractivity (Wildman–Crippen MR) is 63.8 cm³/mol. The molecular weight excluding hydrogens is 328 g/mol. The van der Waals surface area contributed by atoms with Crippen molar-refractivity contribution in [2.45, 2.75) is 0 Å². The van der Waals surface area contributed by atoms with Gasteiger partial charge in [0.1, 0.15) is 11.6 Å². The summed E-state index contributed by atoms with van der Waals surface area (Å²) in [4.78, 5) is 12.0. The molecule has 0 saturated carbocycles. The van der Waals surface area contributed by atoms with E-state index in [0.29, 0.717) is 6.07 Å². The normalized spacial score (nSPS) is 10.6. The quantitative estimate of drug-likeness (QED) is 0.457. The monoisotopic (exact) mass is 332 g/mol. The van der Waals surface area contributed by atoms with E-state index in [1.165, 1.54) is 0 Å². The molecule has 2 aromatic carbocycles. The number of halogens is 5. The first-order valence-corrected chi connectivity index (χ1v) is 5.85. The van der Waals surface area contributed by atoms with Crippen LogP contribution in [-0.4, -0.2) is 5.78 Å². The van der Waals surface area contributed by atoms with Gasteiger partial charge in [-0.3, -0.25) is 4.79 Å². The third-order valence-corrected chi connectivity index (χ3v) is 3.24. The van der Waals surface area contributed by atoms with Crippen molar-refractivity contribution in [1.29, 1.82) is 0 Å². The summed E-state index contributed by atoms with van der Waals surface area (Å²) in [5.74, 6) is -5.66. The number of hydrogen-bond acceptors (Lipinski definition) is 1. The molecule has 2 aromatic rings. The fourth-order valence-electron chi connectivity index (χ4n) is 1.55. The maximum atomic E-state index is 13.5. The topological polar surface area (TPSA) is 17.1 Å². The van der Waals surface area contributed by atoms with Gasteiger partial charge in [0, 0.05) is 5.56 Å². The van der Waals surface area contributed by atoms with Crippen LogP contribution in [0.2, 0.25) is 0 Å². The van der Waals surface area contributed by atoms with Crippen molar-refractivity contribution >= 4 is 21.7 Å². The maximum absolute atomic E-state index is 13.5. The lowest BCUT2D eigenvalue weighted by atomic mass is 10.0. The van der Waals surface area contributed by atoms with E-state index in [-0.39, 0.29) is 5.56 Å². The molecule has 0 aliphatic carbocycles. The van der Waals surface area contributed by atoms with Crippen molar-refractivity contribution in [2.75, 3.05) is 0 Å². The zero-order valence-corrected chi connectivity index (χ0v) is 10.8. The number of carbonyl (C=O) groups excluding carboxylic acids is 1. The van der Waals surface area contributed by atoms with Crippen LogP contribution in [0.15, 0.2) is 34.8 Å². The Morgan fingerprint density at radius 2 is 1.47 bits per heavy atom. The summed E-state index contributed by atoms with van der Waals surface area (Å²) in [5, 5.41) is 0. The number of ketones is 1. The molecule has 0 amide bonds. The summed E-state index contributed by atoms with van der Waals surface area (Å²) in [6, 6.07) is 4.58. The van der Waals surface area contributed by atoms with E-state index < -0.39 is 39.1 Å². The molecular formula is C13H5BrF4O. The third kappa shape index (κ3) is 2.40. The van der Waals surface area contributed by atoms with E-state index in [2.05, 4.69) is 15.9 Å². The molecule has 0 aliphatic heterocycles. The van der Waals surface area contributed by atoms with Crippen LogP contribution in [0.25, 0.3) is 0 Å². The van der Waals surface area contributed by atoms with Crippen LogP contribution < -0.4 is 0 Å². The smallest absolute Gasteiger partial charge is 0.200 e. The zero-order chi connectivity index (χ0) is 14.2. The van der Waals surface area contributed by atoms with Crippen LogP contribution in [0.1, 0.15) is 15.9 Å². The van der Waals surface area contributed by atoms with Crippen molar-refractivity contribution in [3.8, 4) is 0 Å². The van der Waals surface area contributed by atoms with Crippen molar-refractivity contribution in [3.05, 3.63) is 69.2 Å². The third-order valence-electron chi connectivity index (χ3n) is 2.47. The highest BCUT2D eigenvalue weighted by Gasteiger charge is 2.23. The molecule has 0 atom stereocenters. The molecule has 0 bridgehead atoms. The van der Waals surface area contributed by atoms with Gasteiger partial charge >= 0.3 is 0 Å². The largest absolute Gasteiger partial charge is 0.288 e. The molecule has 2 rings (SSSR count). The molecule has 6 heteroatoms. The molecule has 0 unspecified atom stereocenters. The maximum Gasteiger partial charge on any atom is 0.200 e. The Labute approximate surface area is 114 Å². The van der Waals surface area contributed by atoms with Crippen molar-refractivity contribution < 1.29 is 22.4 Å². The lowest BCUT2D eigenvalue weighted by molar-refractivity contribution is 0.102. The van der Waals surface area contributed by atoms with E-state index in [9.17, 15) is 22.4 Å². The van der Waals surface area contributed by atoms with Gasteiger partial charge in [0.15, 0.2) is 17.4 Å². The standard InChI is InChI=1S/C13H5BrF4O/c14-11-6(4-5-9(17)12(11)18)13(19)10-7(15)2-1-3-8(10)16/h1-5H. The second-order valence-electron chi connectivity index (χ2n) is 3.65. The highest BCUT2D eigenvalue weighted by molar-refractivity contribution is 9.10. The average Bonchev–Trinajstić information content (AvgIpc) is 2.35. The number of benzene rings is 2. The van der Waals surface area contributed by atoms with Gasteiger partial charge in [0.25, 0.3) is 0 Å². The number of rotatable bonds is 2. The molecule has 0 aromatic heterocycles. The fourth-order valence-corrected chi connectivity index (χ4v) is 2.05. The van der Waals surface area contributed by atoms with Gasteiger partial charge in [0.05, 0.1) is 10.0 Å². The second kappa shape index (κ2) is 5.13. The second-order valence-corrected chi connectivity index (χ2v) is 4.44. The summed E-state index contributed by atoms with van der Waals surface area (Å²) in [5.41, 5.74) is -1.17.